The van der Waals surface area contributed by atoms with E-state index in [1.165, 1.54) is 0 Å². The lowest BCUT2D eigenvalue weighted by Crippen LogP contribution is -2.28. The zero-order chi connectivity index (χ0) is 15.8. The van der Waals surface area contributed by atoms with E-state index in [2.05, 4.69) is 0 Å². The zero-order valence-corrected chi connectivity index (χ0v) is 14.5. The van der Waals surface area contributed by atoms with Crippen LogP contribution in [-0.4, -0.2) is 47.1 Å². The molecule has 115 valence electrons. The van der Waals surface area contributed by atoms with Crippen LogP contribution in [0.15, 0.2) is 18.2 Å². The van der Waals surface area contributed by atoms with Crippen molar-refractivity contribution in [2.45, 2.75) is 32.5 Å². The molecule has 0 aliphatic rings. The minimum Gasteiger partial charge on any atom is -0.424 e. The van der Waals surface area contributed by atoms with Crippen LogP contribution in [0.25, 0.3) is 0 Å². The van der Waals surface area contributed by atoms with Crippen molar-refractivity contribution in [1.29, 1.82) is 0 Å². The standard InChI is InChI=1S/C13H18BCl2O4Si/c1-9(18-6-10(17)7-20-21(2)14)19-8-11-12(15)4-3-5-13(11)16/h3-5,9-10,17H,6-8H2,1-2H3. The lowest BCUT2D eigenvalue weighted by molar-refractivity contribution is -0.155. The summed E-state index contributed by atoms with van der Waals surface area (Å²) in [4.78, 5) is 0. The summed E-state index contributed by atoms with van der Waals surface area (Å²) >= 11 is 12.1. The monoisotopic (exact) mass is 347 g/mol. The van der Waals surface area contributed by atoms with E-state index < -0.39 is 21.3 Å². The first kappa shape index (κ1) is 19.0. The van der Waals surface area contributed by atoms with Gasteiger partial charge in [0.05, 0.1) is 33.4 Å². The molecule has 0 saturated heterocycles. The minimum atomic E-state index is -1.30. The maximum absolute atomic E-state index is 9.63. The van der Waals surface area contributed by atoms with Crippen LogP contribution in [-0.2, 0) is 20.5 Å². The summed E-state index contributed by atoms with van der Waals surface area (Å²) in [6, 6.07) is 5.26. The van der Waals surface area contributed by atoms with Crippen molar-refractivity contribution < 1.29 is 19.0 Å². The van der Waals surface area contributed by atoms with Gasteiger partial charge in [-0.3, -0.25) is 0 Å². The first-order valence-electron chi connectivity index (χ1n) is 6.46. The first-order valence-corrected chi connectivity index (χ1v) is 9.20. The van der Waals surface area contributed by atoms with E-state index in [9.17, 15) is 5.11 Å². The van der Waals surface area contributed by atoms with Crippen molar-refractivity contribution in [2.24, 2.45) is 0 Å². The number of benzene rings is 1. The van der Waals surface area contributed by atoms with Crippen LogP contribution in [0.5, 0.6) is 0 Å². The second-order valence-electron chi connectivity index (χ2n) is 4.49. The molecule has 0 bridgehead atoms. The Morgan fingerprint density at radius 3 is 2.43 bits per heavy atom. The fourth-order valence-corrected chi connectivity index (χ4v) is 2.40. The molecule has 0 aromatic heterocycles. The molecule has 1 aromatic carbocycles. The lowest BCUT2D eigenvalue weighted by atomic mass is 10.2. The van der Waals surface area contributed by atoms with E-state index in [-0.39, 0.29) is 19.8 Å². The van der Waals surface area contributed by atoms with Crippen LogP contribution in [0.4, 0.5) is 0 Å². The van der Waals surface area contributed by atoms with Gasteiger partial charge in [0, 0.05) is 15.6 Å². The fourth-order valence-electron chi connectivity index (χ4n) is 1.44. The predicted octanol–water partition coefficient (Wildman–Crippen LogP) is 2.54. The molecule has 1 N–H and O–H groups in total. The highest BCUT2D eigenvalue weighted by molar-refractivity contribution is 6.98. The summed E-state index contributed by atoms with van der Waals surface area (Å²) in [7, 11) is 4.22. The number of rotatable bonds is 9. The molecule has 21 heavy (non-hydrogen) atoms. The molecule has 0 saturated carbocycles. The first-order chi connectivity index (χ1) is 9.90. The number of aliphatic hydroxyl groups excluding tert-OH is 1. The van der Waals surface area contributed by atoms with Crippen molar-refractivity contribution in [3.63, 3.8) is 0 Å². The third-order valence-corrected chi connectivity index (χ3v) is 3.88. The summed E-state index contributed by atoms with van der Waals surface area (Å²) in [6.07, 6.45) is -1.24. The predicted molar refractivity (Wildman–Crippen MR) is 86.0 cm³/mol. The smallest absolute Gasteiger partial charge is 0.155 e. The van der Waals surface area contributed by atoms with E-state index in [4.69, 9.17) is 44.5 Å². The van der Waals surface area contributed by atoms with E-state index in [1.54, 1.807) is 31.7 Å². The number of hydrogen-bond donors (Lipinski definition) is 1. The van der Waals surface area contributed by atoms with Crippen molar-refractivity contribution in [1.82, 2.24) is 0 Å². The Morgan fingerprint density at radius 2 is 1.86 bits per heavy atom. The largest absolute Gasteiger partial charge is 0.424 e. The lowest BCUT2D eigenvalue weighted by Gasteiger charge is -2.18. The van der Waals surface area contributed by atoms with E-state index >= 15 is 0 Å². The Labute approximate surface area is 138 Å². The Hall–Kier alpha value is -0.0782. The summed E-state index contributed by atoms with van der Waals surface area (Å²) in [5.74, 6) is 0. The number of ether oxygens (including phenoxy) is 2. The van der Waals surface area contributed by atoms with Gasteiger partial charge >= 0.3 is 0 Å². The van der Waals surface area contributed by atoms with E-state index in [0.717, 1.165) is 0 Å². The molecule has 0 aliphatic carbocycles. The van der Waals surface area contributed by atoms with Crippen molar-refractivity contribution >= 4 is 39.6 Å². The molecule has 2 atom stereocenters. The molecule has 0 amide bonds. The zero-order valence-electron chi connectivity index (χ0n) is 12.0. The van der Waals surface area contributed by atoms with Gasteiger partial charge in [-0.2, -0.15) is 0 Å². The second-order valence-corrected chi connectivity index (χ2v) is 6.81. The van der Waals surface area contributed by atoms with Crippen LogP contribution in [0.2, 0.25) is 16.6 Å². The third kappa shape index (κ3) is 7.65. The van der Waals surface area contributed by atoms with Crippen LogP contribution >= 0.6 is 23.2 Å². The summed E-state index contributed by atoms with van der Waals surface area (Å²) in [5, 5.41) is 10.7. The molecule has 1 aromatic rings. The average Bonchev–Trinajstić information content (AvgIpc) is 2.42. The third-order valence-electron chi connectivity index (χ3n) is 2.55. The molecule has 8 heteroatoms. The summed E-state index contributed by atoms with van der Waals surface area (Å²) in [6.45, 7) is 4.02. The summed E-state index contributed by atoms with van der Waals surface area (Å²) in [5.41, 5.74) is 0.710. The molecule has 4 nitrogen and oxygen atoms in total. The van der Waals surface area contributed by atoms with Gasteiger partial charge in [0.1, 0.15) is 0 Å². The van der Waals surface area contributed by atoms with Crippen LogP contribution in [0.3, 0.4) is 0 Å². The Balaban J connectivity index is 2.29. The highest BCUT2D eigenvalue weighted by Gasteiger charge is 2.12. The van der Waals surface area contributed by atoms with Crippen molar-refractivity contribution in [3.05, 3.63) is 33.8 Å². The highest BCUT2D eigenvalue weighted by Crippen LogP contribution is 2.25. The van der Waals surface area contributed by atoms with Crippen molar-refractivity contribution in [2.75, 3.05) is 13.2 Å². The van der Waals surface area contributed by atoms with Gasteiger partial charge in [-0.25, -0.2) is 0 Å². The van der Waals surface area contributed by atoms with E-state index in [0.29, 0.717) is 15.6 Å². The Kier molecular flexibility index (Phi) is 8.89. The molecular formula is C13H18BCl2O4Si. The average molecular weight is 348 g/mol. The van der Waals surface area contributed by atoms with Gasteiger partial charge in [0.15, 0.2) is 15.2 Å². The van der Waals surface area contributed by atoms with Gasteiger partial charge in [0.25, 0.3) is 0 Å². The van der Waals surface area contributed by atoms with Crippen LogP contribution < -0.4 is 0 Å². The molecular weight excluding hydrogens is 330 g/mol. The van der Waals surface area contributed by atoms with Gasteiger partial charge in [-0.05, 0) is 19.1 Å². The van der Waals surface area contributed by atoms with Crippen molar-refractivity contribution in [3.8, 4) is 0 Å². The normalized spacial score (nSPS) is 14.4. The molecule has 0 spiro atoms. The maximum atomic E-state index is 9.63. The quantitative estimate of drug-likeness (QED) is 0.551. The topological polar surface area (TPSA) is 47.9 Å². The SMILES string of the molecule is [B][Si](C)OCC(O)COC(C)OCc1c(Cl)cccc1Cl. The molecule has 3 radical (unpaired) electrons. The van der Waals surface area contributed by atoms with Crippen LogP contribution in [0.1, 0.15) is 12.5 Å². The molecule has 2 unspecified atom stereocenters. The molecule has 0 aliphatic heterocycles. The molecule has 1 rings (SSSR count). The Morgan fingerprint density at radius 1 is 1.24 bits per heavy atom. The number of hydrogen-bond acceptors (Lipinski definition) is 4. The molecule has 0 fully saturated rings. The number of halogens is 2. The Bertz CT molecular complexity index is 416. The minimum absolute atomic E-state index is 0.104. The van der Waals surface area contributed by atoms with Gasteiger partial charge in [-0.15, -0.1) is 0 Å². The van der Waals surface area contributed by atoms with Gasteiger partial charge in [0.2, 0.25) is 0 Å². The van der Waals surface area contributed by atoms with Gasteiger partial charge < -0.3 is 19.0 Å². The fraction of sp³-hybridized carbons (Fsp3) is 0.538. The summed E-state index contributed by atoms with van der Waals surface area (Å²) < 4.78 is 16.0. The maximum Gasteiger partial charge on any atom is 0.155 e. The van der Waals surface area contributed by atoms with E-state index in [1.807, 2.05) is 0 Å². The second kappa shape index (κ2) is 9.84. The highest BCUT2D eigenvalue weighted by atomic mass is 35.5. The van der Waals surface area contributed by atoms with Gasteiger partial charge in [-0.1, -0.05) is 35.8 Å². The van der Waals surface area contributed by atoms with Crippen LogP contribution in [0, 0.1) is 0 Å². The number of aliphatic hydroxyl groups is 1. The molecule has 0 heterocycles.